The number of nitrogens with zero attached hydrogens (tertiary/aromatic N) is 4. The van der Waals surface area contributed by atoms with Crippen LogP contribution in [-0.4, -0.2) is 60.2 Å². The van der Waals surface area contributed by atoms with E-state index < -0.39 is 10.0 Å². The second-order valence-electron chi connectivity index (χ2n) is 8.39. The Bertz CT molecular complexity index is 1080. The molecule has 0 radical (unpaired) electrons. The Morgan fingerprint density at radius 3 is 2.70 bits per heavy atom. The lowest BCUT2D eigenvalue weighted by molar-refractivity contribution is 0.0745. The van der Waals surface area contributed by atoms with Gasteiger partial charge < -0.3 is 15.1 Å². The molecule has 0 saturated carbocycles. The summed E-state index contributed by atoms with van der Waals surface area (Å²) in [7, 11) is -0.0263. The van der Waals surface area contributed by atoms with Crippen LogP contribution in [0.1, 0.15) is 47.2 Å². The third kappa shape index (κ3) is 3.94. The van der Waals surface area contributed by atoms with E-state index in [-0.39, 0.29) is 16.7 Å². The molecule has 1 saturated heterocycles. The maximum absolute atomic E-state index is 13.3. The number of aryl methyl sites for hydroxylation is 1. The van der Waals surface area contributed by atoms with Gasteiger partial charge in [0.25, 0.3) is 5.91 Å². The number of benzene rings is 1. The smallest absolute Gasteiger partial charge is 0.257 e. The zero-order valence-corrected chi connectivity index (χ0v) is 18.3. The number of amides is 1. The number of anilines is 1. The molecule has 10 heteroatoms. The van der Waals surface area contributed by atoms with E-state index in [1.54, 1.807) is 21.8 Å². The Hall–Kier alpha value is -2.43. The lowest BCUT2D eigenvalue weighted by atomic mass is 9.84. The van der Waals surface area contributed by atoms with Crippen LogP contribution in [0.25, 0.3) is 0 Å². The molecule has 2 aliphatic heterocycles. The molecule has 0 bridgehead atoms. The molecule has 162 valence electrons. The number of sulfonamides is 1. The number of nitrogens with one attached hydrogen (secondary N) is 1. The number of nitrogens with two attached hydrogens (primary N) is 1. The van der Waals surface area contributed by atoms with Gasteiger partial charge >= 0.3 is 0 Å². The van der Waals surface area contributed by atoms with Crippen LogP contribution in [0.4, 0.5) is 5.69 Å². The Morgan fingerprint density at radius 1 is 1.30 bits per heavy atom. The number of primary sulfonamides is 1. The molecular formula is C20H28N6O3S. The Morgan fingerprint density at radius 2 is 2.07 bits per heavy atom. The molecule has 1 fully saturated rings. The third-order valence-electron chi connectivity index (χ3n) is 6.22. The highest BCUT2D eigenvalue weighted by Crippen LogP contribution is 2.40. The first-order valence-corrected chi connectivity index (χ1v) is 11.6. The molecule has 1 amide bonds. The van der Waals surface area contributed by atoms with Gasteiger partial charge in [0, 0.05) is 24.8 Å². The molecule has 0 aliphatic carbocycles. The third-order valence-corrected chi connectivity index (χ3v) is 7.11. The summed E-state index contributed by atoms with van der Waals surface area (Å²) in [5, 5.41) is 13.0. The van der Waals surface area contributed by atoms with E-state index >= 15 is 0 Å². The van der Waals surface area contributed by atoms with E-state index in [4.69, 9.17) is 5.14 Å². The molecular weight excluding hydrogens is 404 g/mol. The van der Waals surface area contributed by atoms with Gasteiger partial charge in [-0.25, -0.2) is 13.6 Å². The molecule has 2 atom stereocenters. The van der Waals surface area contributed by atoms with Crippen molar-refractivity contribution in [2.24, 2.45) is 12.2 Å². The zero-order chi connectivity index (χ0) is 21.6. The van der Waals surface area contributed by atoms with Crippen LogP contribution < -0.4 is 10.5 Å². The predicted octanol–water partition coefficient (Wildman–Crippen LogP) is 1.29. The molecule has 1 aromatic carbocycles. The summed E-state index contributed by atoms with van der Waals surface area (Å²) in [6.45, 7) is 3.82. The number of aromatic nitrogens is 2. The van der Waals surface area contributed by atoms with Crippen molar-refractivity contribution in [1.29, 1.82) is 0 Å². The topological polar surface area (TPSA) is 114 Å². The number of hydrogen-bond acceptors (Lipinski definition) is 6. The minimum atomic E-state index is -3.94. The van der Waals surface area contributed by atoms with Crippen molar-refractivity contribution in [3.8, 4) is 0 Å². The quantitative estimate of drug-likeness (QED) is 0.753. The highest BCUT2D eigenvalue weighted by atomic mass is 32.2. The van der Waals surface area contributed by atoms with Gasteiger partial charge in [-0.15, -0.1) is 0 Å². The molecule has 2 aromatic rings. The van der Waals surface area contributed by atoms with Crippen LogP contribution in [0.3, 0.4) is 0 Å². The van der Waals surface area contributed by atoms with Gasteiger partial charge in [0.15, 0.2) is 0 Å². The van der Waals surface area contributed by atoms with Crippen molar-refractivity contribution in [3.63, 3.8) is 0 Å². The number of piperidine rings is 1. The van der Waals surface area contributed by atoms with E-state index in [9.17, 15) is 13.2 Å². The van der Waals surface area contributed by atoms with Gasteiger partial charge in [-0.2, -0.15) is 5.10 Å². The fourth-order valence-corrected chi connectivity index (χ4v) is 4.95. The largest absolute Gasteiger partial charge is 0.367 e. The van der Waals surface area contributed by atoms with Crippen molar-refractivity contribution in [2.75, 3.05) is 25.6 Å². The van der Waals surface area contributed by atoms with Gasteiger partial charge in [0.2, 0.25) is 10.0 Å². The standard InChI is InChI=1S/C20H28N6O3S/c1-13-6-15(4-5-24(13)2)17-7-16(30(21,28)29)8-18-19(17)22-12-26(20(18)27)11-14-9-23-25(3)10-14/h7-10,13,15,22H,4-6,11-12H2,1-3H3,(H2,21,28,29)/t13-,15?/m1/s1. The summed E-state index contributed by atoms with van der Waals surface area (Å²) in [4.78, 5) is 17.2. The van der Waals surface area contributed by atoms with Crippen molar-refractivity contribution in [3.05, 3.63) is 41.2 Å². The van der Waals surface area contributed by atoms with E-state index in [0.717, 1.165) is 36.2 Å². The number of carbonyl (C=O) groups is 1. The summed E-state index contributed by atoms with van der Waals surface area (Å²) in [6, 6.07) is 3.42. The lowest BCUT2D eigenvalue weighted by Crippen LogP contribution is -2.41. The molecule has 2 aliphatic rings. The zero-order valence-electron chi connectivity index (χ0n) is 17.5. The number of likely N-dealkylation sites (tertiary alicyclic amines) is 1. The number of hydrogen-bond donors (Lipinski definition) is 2. The van der Waals surface area contributed by atoms with Crippen molar-refractivity contribution in [2.45, 2.75) is 43.2 Å². The van der Waals surface area contributed by atoms with Crippen molar-refractivity contribution in [1.82, 2.24) is 19.6 Å². The summed E-state index contributed by atoms with van der Waals surface area (Å²) < 4.78 is 26.0. The average Bonchev–Trinajstić information content (AvgIpc) is 3.09. The molecule has 1 unspecified atom stereocenters. The fourth-order valence-electron chi connectivity index (χ4n) is 4.38. The van der Waals surface area contributed by atoms with Gasteiger partial charge in [0.05, 0.1) is 35.6 Å². The van der Waals surface area contributed by atoms with E-state index in [2.05, 4.69) is 29.3 Å². The van der Waals surface area contributed by atoms with Gasteiger partial charge in [-0.1, -0.05) is 0 Å². The van der Waals surface area contributed by atoms with Crippen LogP contribution in [0.15, 0.2) is 29.4 Å². The molecule has 3 heterocycles. The van der Waals surface area contributed by atoms with Crippen LogP contribution in [0.5, 0.6) is 0 Å². The first-order chi connectivity index (χ1) is 14.1. The maximum Gasteiger partial charge on any atom is 0.257 e. The number of rotatable bonds is 4. The van der Waals surface area contributed by atoms with Gasteiger partial charge in [-0.05, 0) is 57.0 Å². The van der Waals surface area contributed by atoms with E-state index in [0.29, 0.717) is 24.8 Å². The van der Waals surface area contributed by atoms with Crippen LogP contribution in [0.2, 0.25) is 0 Å². The average molecular weight is 433 g/mol. The summed E-state index contributed by atoms with van der Waals surface area (Å²) in [5.74, 6) is -0.0443. The summed E-state index contributed by atoms with van der Waals surface area (Å²) >= 11 is 0. The maximum atomic E-state index is 13.3. The Kier molecular flexibility index (Phi) is 5.33. The van der Waals surface area contributed by atoms with Gasteiger partial charge in [0.1, 0.15) is 0 Å². The van der Waals surface area contributed by atoms with Crippen molar-refractivity contribution < 1.29 is 13.2 Å². The molecule has 1 aromatic heterocycles. The SMILES string of the molecule is C[C@@H]1CC(c2cc(S(N)(=O)=O)cc3c2NCN(Cc2cnn(C)c2)C3=O)CCN1C. The molecule has 9 nitrogen and oxygen atoms in total. The van der Waals surface area contributed by atoms with Crippen molar-refractivity contribution >= 4 is 21.6 Å². The van der Waals surface area contributed by atoms with Crippen LogP contribution >= 0.6 is 0 Å². The first kappa shape index (κ1) is 20.8. The Labute approximate surface area is 176 Å². The van der Waals surface area contributed by atoms with Gasteiger partial charge in [-0.3, -0.25) is 9.48 Å². The van der Waals surface area contributed by atoms with E-state index in [1.165, 1.54) is 6.07 Å². The predicted molar refractivity (Wildman–Crippen MR) is 113 cm³/mol. The minimum Gasteiger partial charge on any atom is -0.367 e. The second kappa shape index (κ2) is 7.68. The molecule has 0 spiro atoms. The normalized spacial score (nSPS) is 22.7. The van der Waals surface area contributed by atoms with Crippen LogP contribution in [-0.2, 0) is 23.6 Å². The highest BCUT2D eigenvalue weighted by molar-refractivity contribution is 7.89. The molecule has 30 heavy (non-hydrogen) atoms. The number of carbonyl (C=O) groups excluding carboxylic acids is 1. The summed E-state index contributed by atoms with van der Waals surface area (Å²) in [5.41, 5.74) is 2.86. The van der Waals surface area contributed by atoms with E-state index in [1.807, 2.05) is 13.2 Å². The van der Waals surface area contributed by atoms with Crippen LogP contribution in [0, 0.1) is 0 Å². The molecule has 3 N–H and O–H groups in total. The minimum absolute atomic E-state index is 0.0128. The monoisotopic (exact) mass is 432 g/mol. The fraction of sp³-hybridized carbons (Fsp3) is 0.500. The second-order valence-corrected chi connectivity index (χ2v) is 9.95. The molecule has 4 rings (SSSR count). The highest BCUT2D eigenvalue weighted by Gasteiger charge is 2.33. The first-order valence-electron chi connectivity index (χ1n) is 10.0. The number of fused-ring (bicyclic) bond motifs is 1. The Balaban J connectivity index is 1.73. The summed E-state index contributed by atoms with van der Waals surface area (Å²) in [6.07, 6.45) is 5.37. The lowest BCUT2D eigenvalue weighted by Gasteiger charge is -2.38.